The first kappa shape index (κ1) is 14.6. The quantitative estimate of drug-likeness (QED) is 0.612. The summed E-state index contributed by atoms with van der Waals surface area (Å²) in [6.07, 6.45) is 1.72. The van der Waals surface area contributed by atoms with Gasteiger partial charge in [0.1, 0.15) is 22.2 Å². The fourth-order valence-corrected chi connectivity index (χ4v) is 3.05. The van der Waals surface area contributed by atoms with Gasteiger partial charge < -0.3 is 14.3 Å². The molecule has 0 unspecified atom stereocenters. The molecule has 24 heavy (non-hydrogen) atoms. The van der Waals surface area contributed by atoms with Crippen LogP contribution < -0.4 is 5.32 Å². The molecule has 0 aliphatic carbocycles. The Bertz CT molecular complexity index is 1000. The molecule has 1 amide bonds. The number of carbonyl (C=O) groups excluding carboxylic acids is 1. The summed E-state index contributed by atoms with van der Waals surface area (Å²) >= 11 is 1.49. The molecule has 0 fully saturated rings. The molecule has 4 rings (SSSR count). The van der Waals surface area contributed by atoms with Crippen LogP contribution in [0.1, 0.15) is 21.9 Å². The minimum Gasteiger partial charge on any atom is -0.465 e. The number of benzene rings is 1. The molecule has 6 nitrogen and oxygen atoms in total. The Morgan fingerprint density at radius 2 is 2.21 bits per heavy atom. The van der Waals surface area contributed by atoms with Gasteiger partial charge in [0.2, 0.25) is 0 Å². The van der Waals surface area contributed by atoms with Crippen LogP contribution in [0.4, 0.5) is 0 Å². The Morgan fingerprint density at radius 3 is 2.96 bits per heavy atom. The van der Waals surface area contributed by atoms with Gasteiger partial charge in [-0.15, -0.1) is 11.3 Å². The van der Waals surface area contributed by atoms with E-state index in [-0.39, 0.29) is 5.91 Å². The second-order valence-corrected chi connectivity index (χ2v) is 6.17. The number of hydrogen-bond acceptors (Lipinski definition) is 6. The highest BCUT2D eigenvalue weighted by Gasteiger charge is 2.15. The van der Waals surface area contributed by atoms with Gasteiger partial charge in [-0.2, -0.15) is 0 Å². The maximum Gasteiger partial charge on any atom is 0.251 e. The standard InChI is InChI=1S/C17H13N3O3S/c1-10-2-4-12(22-10)9-19-16(21)11-3-5-13-14(8-11)23-20-15(13)17-18-6-7-24-17/h2-8H,9H2,1H3,(H,19,21). The molecule has 0 radical (unpaired) electrons. The zero-order chi connectivity index (χ0) is 16.5. The van der Waals surface area contributed by atoms with Crippen LogP contribution in [-0.4, -0.2) is 16.0 Å². The Hall–Kier alpha value is -2.93. The van der Waals surface area contributed by atoms with Crippen molar-refractivity contribution in [2.75, 3.05) is 0 Å². The lowest BCUT2D eigenvalue weighted by Crippen LogP contribution is -2.22. The molecular formula is C17H13N3O3S. The van der Waals surface area contributed by atoms with E-state index in [4.69, 9.17) is 8.94 Å². The largest absolute Gasteiger partial charge is 0.465 e. The third-order valence-electron chi connectivity index (χ3n) is 3.59. The van der Waals surface area contributed by atoms with Gasteiger partial charge in [-0.05, 0) is 37.3 Å². The van der Waals surface area contributed by atoms with Crippen LogP contribution in [0.15, 0.2) is 50.8 Å². The highest BCUT2D eigenvalue weighted by atomic mass is 32.1. The van der Waals surface area contributed by atoms with Crippen molar-refractivity contribution >= 4 is 28.2 Å². The smallest absolute Gasteiger partial charge is 0.251 e. The molecule has 0 saturated carbocycles. The van der Waals surface area contributed by atoms with Crippen LogP contribution >= 0.6 is 11.3 Å². The Kier molecular flexibility index (Phi) is 3.62. The van der Waals surface area contributed by atoms with E-state index in [1.54, 1.807) is 18.3 Å². The number of nitrogens with zero attached hydrogens (tertiary/aromatic N) is 2. The summed E-state index contributed by atoms with van der Waals surface area (Å²) in [5, 5.41) is 10.4. The minimum absolute atomic E-state index is 0.196. The highest BCUT2D eigenvalue weighted by Crippen LogP contribution is 2.29. The third-order valence-corrected chi connectivity index (χ3v) is 4.37. The van der Waals surface area contributed by atoms with E-state index in [0.717, 1.165) is 16.2 Å². The van der Waals surface area contributed by atoms with E-state index in [2.05, 4.69) is 15.5 Å². The second kappa shape index (κ2) is 5.93. The molecule has 0 saturated heterocycles. The Labute approximate surface area is 141 Å². The molecule has 0 aliphatic rings. The predicted molar refractivity (Wildman–Crippen MR) is 89.7 cm³/mol. The summed E-state index contributed by atoms with van der Waals surface area (Å²) in [6.45, 7) is 2.20. The predicted octanol–water partition coefficient (Wildman–Crippen LogP) is 3.78. The first-order valence-corrected chi connectivity index (χ1v) is 8.21. The van der Waals surface area contributed by atoms with Gasteiger partial charge >= 0.3 is 0 Å². The first-order valence-electron chi connectivity index (χ1n) is 7.33. The van der Waals surface area contributed by atoms with Gasteiger partial charge in [-0.1, -0.05) is 5.16 Å². The average molecular weight is 339 g/mol. The summed E-state index contributed by atoms with van der Waals surface area (Å²) in [5.74, 6) is 1.34. The van der Waals surface area contributed by atoms with Crippen LogP contribution in [0.5, 0.6) is 0 Å². The molecule has 120 valence electrons. The van der Waals surface area contributed by atoms with Crippen molar-refractivity contribution in [2.45, 2.75) is 13.5 Å². The zero-order valence-electron chi connectivity index (χ0n) is 12.8. The van der Waals surface area contributed by atoms with Crippen molar-refractivity contribution in [3.8, 4) is 10.7 Å². The Balaban J connectivity index is 1.55. The average Bonchev–Trinajstić information content (AvgIpc) is 3.32. The van der Waals surface area contributed by atoms with Crippen LogP contribution in [0.2, 0.25) is 0 Å². The summed E-state index contributed by atoms with van der Waals surface area (Å²) in [7, 11) is 0. The van der Waals surface area contributed by atoms with E-state index < -0.39 is 0 Å². The summed E-state index contributed by atoms with van der Waals surface area (Å²) < 4.78 is 10.8. The van der Waals surface area contributed by atoms with Gasteiger partial charge in [0, 0.05) is 17.1 Å². The molecule has 0 bridgehead atoms. The zero-order valence-corrected chi connectivity index (χ0v) is 13.6. The molecule has 4 aromatic rings. The first-order chi connectivity index (χ1) is 11.7. The fourth-order valence-electron chi connectivity index (χ4n) is 2.42. The monoisotopic (exact) mass is 339 g/mol. The van der Waals surface area contributed by atoms with Crippen LogP contribution in [0, 0.1) is 6.92 Å². The molecule has 3 aromatic heterocycles. The van der Waals surface area contributed by atoms with Gasteiger partial charge in [0.25, 0.3) is 5.91 Å². The molecule has 1 N–H and O–H groups in total. The minimum atomic E-state index is -0.196. The number of aromatic nitrogens is 2. The number of amides is 1. The summed E-state index contributed by atoms with van der Waals surface area (Å²) in [4.78, 5) is 16.5. The van der Waals surface area contributed by atoms with E-state index >= 15 is 0 Å². The molecule has 0 atom stereocenters. The van der Waals surface area contributed by atoms with Crippen LogP contribution in [-0.2, 0) is 6.54 Å². The molecule has 7 heteroatoms. The SMILES string of the molecule is Cc1ccc(CNC(=O)c2ccc3c(-c4nccs4)noc3c2)o1. The number of aryl methyl sites for hydroxylation is 1. The van der Waals surface area contributed by atoms with Gasteiger partial charge in [-0.3, -0.25) is 4.79 Å². The number of hydrogen-bond donors (Lipinski definition) is 1. The number of carbonyl (C=O) groups is 1. The van der Waals surface area contributed by atoms with Crippen molar-refractivity contribution in [3.05, 3.63) is 59.0 Å². The van der Waals surface area contributed by atoms with E-state index in [1.807, 2.05) is 30.5 Å². The van der Waals surface area contributed by atoms with E-state index in [1.165, 1.54) is 11.3 Å². The molecule has 0 aliphatic heterocycles. The van der Waals surface area contributed by atoms with Crippen LogP contribution in [0.3, 0.4) is 0 Å². The normalized spacial score (nSPS) is 11.0. The number of thiazole rings is 1. The number of furan rings is 1. The molecular weight excluding hydrogens is 326 g/mol. The van der Waals surface area contributed by atoms with E-state index in [0.29, 0.717) is 29.1 Å². The number of nitrogens with one attached hydrogen (secondary N) is 1. The molecule has 1 aromatic carbocycles. The Morgan fingerprint density at radius 1 is 1.29 bits per heavy atom. The summed E-state index contributed by atoms with van der Waals surface area (Å²) in [5.41, 5.74) is 1.76. The fraction of sp³-hybridized carbons (Fsp3) is 0.118. The lowest BCUT2D eigenvalue weighted by molar-refractivity contribution is 0.0948. The maximum absolute atomic E-state index is 12.3. The second-order valence-electron chi connectivity index (χ2n) is 5.27. The topological polar surface area (TPSA) is 81.2 Å². The number of fused-ring (bicyclic) bond motifs is 1. The van der Waals surface area contributed by atoms with Crippen molar-refractivity contribution in [3.63, 3.8) is 0 Å². The highest BCUT2D eigenvalue weighted by molar-refractivity contribution is 7.13. The van der Waals surface area contributed by atoms with Crippen molar-refractivity contribution in [1.82, 2.24) is 15.5 Å². The van der Waals surface area contributed by atoms with Crippen molar-refractivity contribution in [2.24, 2.45) is 0 Å². The van der Waals surface area contributed by atoms with Gasteiger partial charge in [0.05, 0.1) is 11.9 Å². The van der Waals surface area contributed by atoms with Crippen molar-refractivity contribution < 1.29 is 13.7 Å². The molecule has 0 spiro atoms. The number of rotatable bonds is 4. The lowest BCUT2D eigenvalue weighted by atomic mass is 10.1. The van der Waals surface area contributed by atoms with Gasteiger partial charge in [-0.25, -0.2) is 4.98 Å². The molecule has 3 heterocycles. The van der Waals surface area contributed by atoms with Gasteiger partial charge in [0.15, 0.2) is 5.58 Å². The third kappa shape index (κ3) is 2.69. The maximum atomic E-state index is 12.3. The van der Waals surface area contributed by atoms with Crippen LogP contribution in [0.25, 0.3) is 21.7 Å². The van der Waals surface area contributed by atoms with Crippen molar-refractivity contribution in [1.29, 1.82) is 0 Å². The lowest BCUT2D eigenvalue weighted by Gasteiger charge is -2.03. The van der Waals surface area contributed by atoms with E-state index in [9.17, 15) is 4.79 Å². The summed E-state index contributed by atoms with van der Waals surface area (Å²) in [6, 6.07) is 8.97.